The van der Waals surface area contributed by atoms with Crippen LogP contribution >= 0.6 is 31.9 Å². The van der Waals surface area contributed by atoms with Gasteiger partial charge in [0.25, 0.3) is 0 Å². The third kappa shape index (κ3) is 2.43. The molecule has 13 heavy (non-hydrogen) atoms. The van der Waals surface area contributed by atoms with Crippen LogP contribution in [0.1, 0.15) is 18.5 Å². The second-order valence-electron chi connectivity index (χ2n) is 2.68. The summed E-state index contributed by atoms with van der Waals surface area (Å²) in [6.07, 6.45) is 0. The summed E-state index contributed by atoms with van der Waals surface area (Å²) >= 11 is 6.41. The van der Waals surface area contributed by atoms with Crippen molar-refractivity contribution in [1.29, 1.82) is 0 Å². The molecule has 1 rings (SSSR count). The van der Waals surface area contributed by atoms with Crippen molar-refractivity contribution >= 4 is 31.9 Å². The number of benzene rings is 1. The first-order chi connectivity index (χ1) is 6.06. The lowest BCUT2D eigenvalue weighted by Crippen LogP contribution is -2.13. The van der Waals surface area contributed by atoms with Gasteiger partial charge in [0.1, 0.15) is 5.75 Å². The van der Waals surface area contributed by atoms with E-state index in [0.717, 1.165) is 5.56 Å². The SMILES string of the molecule is C[C@@H](NO)c1cc(Br)c(O)c(Br)c1. The van der Waals surface area contributed by atoms with E-state index in [1.54, 1.807) is 12.1 Å². The highest BCUT2D eigenvalue weighted by molar-refractivity contribution is 9.11. The van der Waals surface area contributed by atoms with E-state index < -0.39 is 0 Å². The van der Waals surface area contributed by atoms with Gasteiger partial charge in [0, 0.05) is 0 Å². The quantitative estimate of drug-likeness (QED) is 0.736. The van der Waals surface area contributed by atoms with Gasteiger partial charge in [0.15, 0.2) is 0 Å². The Morgan fingerprint density at radius 2 is 1.77 bits per heavy atom. The molecule has 0 amide bonds. The van der Waals surface area contributed by atoms with Crippen LogP contribution in [-0.4, -0.2) is 10.3 Å². The van der Waals surface area contributed by atoms with Crippen molar-refractivity contribution in [3.05, 3.63) is 26.6 Å². The van der Waals surface area contributed by atoms with Gasteiger partial charge in [-0.2, -0.15) is 5.48 Å². The van der Waals surface area contributed by atoms with Crippen LogP contribution in [0.25, 0.3) is 0 Å². The molecule has 0 saturated carbocycles. The van der Waals surface area contributed by atoms with Crippen LogP contribution in [0.5, 0.6) is 5.75 Å². The summed E-state index contributed by atoms with van der Waals surface area (Å²) in [4.78, 5) is 0. The zero-order valence-electron chi connectivity index (χ0n) is 6.88. The molecule has 0 radical (unpaired) electrons. The molecule has 0 aliphatic heterocycles. The van der Waals surface area contributed by atoms with E-state index in [-0.39, 0.29) is 11.8 Å². The Morgan fingerprint density at radius 1 is 1.31 bits per heavy atom. The van der Waals surface area contributed by atoms with Crippen molar-refractivity contribution in [3.63, 3.8) is 0 Å². The average molecular weight is 311 g/mol. The zero-order chi connectivity index (χ0) is 10.0. The minimum absolute atomic E-state index is 0.161. The number of phenols is 1. The Hall–Kier alpha value is -0.100. The van der Waals surface area contributed by atoms with Crippen LogP contribution in [-0.2, 0) is 0 Å². The maximum atomic E-state index is 9.41. The lowest BCUT2D eigenvalue weighted by molar-refractivity contribution is 0.133. The molecule has 0 bridgehead atoms. The minimum atomic E-state index is -0.173. The van der Waals surface area contributed by atoms with Crippen molar-refractivity contribution in [2.24, 2.45) is 0 Å². The Balaban J connectivity index is 3.13. The molecule has 0 aliphatic carbocycles. The number of phenolic OH excluding ortho intramolecular Hbond substituents is 1. The average Bonchev–Trinajstić information content (AvgIpc) is 2.12. The van der Waals surface area contributed by atoms with Gasteiger partial charge in [-0.15, -0.1) is 0 Å². The molecule has 0 unspecified atom stereocenters. The first-order valence-electron chi connectivity index (χ1n) is 3.63. The highest BCUT2D eigenvalue weighted by Gasteiger charge is 2.09. The van der Waals surface area contributed by atoms with Gasteiger partial charge in [0.2, 0.25) is 0 Å². The van der Waals surface area contributed by atoms with E-state index in [2.05, 4.69) is 37.3 Å². The van der Waals surface area contributed by atoms with Crippen molar-refractivity contribution in [2.75, 3.05) is 0 Å². The molecule has 3 N–H and O–H groups in total. The lowest BCUT2D eigenvalue weighted by atomic mass is 10.1. The summed E-state index contributed by atoms with van der Waals surface area (Å²) in [5.74, 6) is 0.161. The summed E-state index contributed by atoms with van der Waals surface area (Å²) in [5, 5.41) is 18.1. The van der Waals surface area contributed by atoms with Crippen LogP contribution in [0, 0.1) is 0 Å². The number of halogens is 2. The first-order valence-corrected chi connectivity index (χ1v) is 5.22. The Labute approximate surface area is 93.0 Å². The van der Waals surface area contributed by atoms with Gasteiger partial charge in [-0.1, -0.05) is 0 Å². The minimum Gasteiger partial charge on any atom is -0.506 e. The predicted octanol–water partition coefficient (Wildman–Crippen LogP) is 2.96. The van der Waals surface area contributed by atoms with Crippen molar-refractivity contribution < 1.29 is 10.3 Å². The summed E-state index contributed by atoms with van der Waals surface area (Å²) in [6, 6.07) is 3.32. The zero-order valence-corrected chi connectivity index (χ0v) is 10.1. The molecular weight excluding hydrogens is 302 g/mol. The van der Waals surface area contributed by atoms with Crippen LogP contribution in [0.15, 0.2) is 21.1 Å². The fourth-order valence-corrected chi connectivity index (χ4v) is 2.13. The van der Waals surface area contributed by atoms with Gasteiger partial charge in [-0.3, -0.25) is 0 Å². The third-order valence-corrected chi connectivity index (χ3v) is 2.94. The molecule has 3 nitrogen and oxygen atoms in total. The number of rotatable bonds is 2. The molecule has 0 aliphatic rings. The molecule has 5 heteroatoms. The number of hydrogen-bond donors (Lipinski definition) is 3. The number of hydroxylamine groups is 1. The fourth-order valence-electron chi connectivity index (χ4n) is 0.910. The Morgan fingerprint density at radius 3 is 2.15 bits per heavy atom. The molecule has 72 valence electrons. The number of aromatic hydroxyl groups is 1. The number of hydrogen-bond acceptors (Lipinski definition) is 3. The fraction of sp³-hybridized carbons (Fsp3) is 0.250. The van der Waals surface area contributed by atoms with Crippen LogP contribution in [0.2, 0.25) is 0 Å². The second kappa shape index (κ2) is 4.41. The Bertz CT molecular complexity index is 294. The maximum Gasteiger partial charge on any atom is 0.143 e. The van der Waals surface area contributed by atoms with Crippen molar-refractivity contribution in [1.82, 2.24) is 5.48 Å². The molecule has 1 aromatic rings. The molecule has 0 heterocycles. The molecule has 0 aromatic heterocycles. The van der Waals surface area contributed by atoms with Gasteiger partial charge >= 0.3 is 0 Å². The Kier molecular flexibility index (Phi) is 3.73. The van der Waals surface area contributed by atoms with E-state index in [1.165, 1.54) is 0 Å². The van der Waals surface area contributed by atoms with Crippen molar-refractivity contribution in [3.8, 4) is 5.75 Å². The smallest absolute Gasteiger partial charge is 0.143 e. The van der Waals surface area contributed by atoms with E-state index in [0.29, 0.717) is 8.95 Å². The van der Waals surface area contributed by atoms with Gasteiger partial charge in [-0.05, 0) is 56.5 Å². The lowest BCUT2D eigenvalue weighted by Gasteiger charge is -2.11. The first kappa shape index (κ1) is 11.0. The highest BCUT2D eigenvalue weighted by Crippen LogP contribution is 2.34. The van der Waals surface area contributed by atoms with E-state index in [9.17, 15) is 5.11 Å². The summed E-state index contributed by atoms with van der Waals surface area (Å²) in [7, 11) is 0. The molecule has 0 saturated heterocycles. The monoisotopic (exact) mass is 309 g/mol. The standard InChI is InChI=1S/C8H9Br2NO2/c1-4(11-13)5-2-6(9)8(12)7(10)3-5/h2-4,11-13H,1H3/t4-/m1/s1. The van der Waals surface area contributed by atoms with Gasteiger partial charge in [-0.25, -0.2) is 0 Å². The third-order valence-electron chi connectivity index (χ3n) is 1.73. The van der Waals surface area contributed by atoms with Crippen LogP contribution in [0.4, 0.5) is 0 Å². The highest BCUT2D eigenvalue weighted by atomic mass is 79.9. The topological polar surface area (TPSA) is 52.5 Å². The van der Waals surface area contributed by atoms with Crippen molar-refractivity contribution in [2.45, 2.75) is 13.0 Å². The second-order valence-corrected chi connectivity index (χ2v) is 4.39. The van der Waals surface area contributed by atoms with Crippen LogP contribution < -0.4 is 5.48 Å². The summed E-state index contributed by atoms with van der Waals surface area (Å²) < 4.78 is 1.19. The predicted molar refractivity (Wildman–Crippen MR) is 56.8 cm³/mol. The molecular formula is C8H9Br2NO2. The maximum absolute atomic E-state index is 9.41. The number of nitrogens with one attached hydrogen (secondary N) is 1. The molecule has 1 aromatic carbocycles. The summed E-state index contributed by atoms with van der Waals surface area (Å²) in [6.45, 7) is 1.81. The van der Waals surface area contributed by atoms with Crippen LogP contribution in [0.3, 0.4) is 0 Å². The molecule has 0 fully saturated rings. The van der Waals surface area contributed by atoms with E-state index in [4.69, 9.17) is 5.21 Å². The van der Waals surface area contributed by atoms with Gasteiger partial charge in [0.05, 0.1) is 15.0 Å². The van der Waals surface area contributed by atoms with E-state index >= 15 is 0 Å². The largest absolute Gasteiger partial charge is 0.506 e. The van der Waals surface area contributed by atoms with E-state index in [1.807, 2.05) is 6.92 Å². The molecule has 0 spiro atoms. The normalized spacial score (nSPS) is 12.9. The molecule has 1 atom stereocenters. The summed E-state index contributed by atoms with van der Waals surface area (Å²) in [5.41, 5.74) is 3.01. The van der Waals surface area contributed by atoms with Gasteiger partial charge < -0.3 is 10.3 Å².